The number of fused-ring (bicyclic) bond motifs is 1. The van der Waals surface area contributed by atoms with Gasteiger partial charge in [-0.25, -0.2) is 9.97 Å². The fourth-order valence-electron chi connectivity index (χ4n) is 2.94. The predicted molar refractivity (Wildman–Crippen MR) is 93.1 cm³/mol. The van der Waals surface area contributed by atoms with E-state index in [-0.39, 0.29) is 0 Å². The molecule has 4 rings (SSSR count). The normalized spacial score (nSPS) is 20.9. The maximum absolute atomic E-state index is 9.81. The third kappa shape index (κ3) is 2.52. The summed E-state index contributed by atoms with van der Waals surface area (Å²) < 4.78 is 1.86. The van der Waals surface area contributed by atoms with Gasteiger partial charge in [0.05, 0.1) is 39.8 Å². The van der Waals surface area contributed by atoms with Crippen LogP contribution in [-0.4, -0.2) is 50.0 Å². The molecule has 6 nitrogen and oxygen atoms in total. The predicted octanol–water partition coefficient (Wildman–Crippen LogP) is 2.27. The molecular formula is C16H14Cl2N4O2. The molecule has 1 aliphatic heterocycles. The lowest BCUT2D eigenvalue weighted by Gasteiger charge is -2.19. The van der Waals surface area contributed by atoms with Crippen molar-refractivity contribution in [1.29, 1.82) is 0 Å². The number of β-amino-alcohol motifs (C(OH)–C–C–N with tert-alkyl or cyclic N) is 2. The minimum absolute atomic E-state index is 0.307. The van der Waals surface area contributed by atoms with E-state index in [9.17, 15) is 10.2 Å². The average molecular weight is 365 g/mol. The molecule has 1 fully saturated rings. The van der Waals surface area contributed by atoms with Gasteiger partial charge in [-0.3, -0.25) is 0 Å². The van der Waals surface area contributed by atoms with Gasteiger partial charge in [0.25, 0.3) is 0 Å². The van der Waals surface area contributed by atoms with Gasteiger partial charge in [-0.15, -0.1) is 0 Å². The van der Waals surface area contributed by atoms with Gasteiger partial charge in [-0.05, 0) is 12.1 Å². The topological polar surface area (TPSA) is 74.4 Å². The second-order valence-electron chi connectivity index (χ2n) is 5.77. The van der Waals surface area contributed by atoms with Crippen molar-refractivity contribution in [2.45, 2.75) is 12.2 Å². The molecule has 2 aromatic heterocycles. The molecule has 3 heterocycles. The Labute approximate surface area is 147 Å². The molecule has 24 heavy (non-hydrogen) atoms. The molecule has 8 heteroatoms. The highest BCUT2D eigenvalue weighted by molar-refractivity contribution is 6.45. The summed E-state index contributed by atoms with van der Waals surface area (Å²) in [7, 11) is 0. The summed E-state index contributed by atoms with van der Waals surface area (Å²) in [4.78, 5) is 10.5. The molecule has 0 amide bonds. The number of hydrogen-bond donors (Lipinski definition) is 2. The second kappa shape index (κ2) is 5.89. The van der Waals surface area contributed by atoms with E-state index in [0.29, 0.717) is 34.5 Å². The number of aliphatic hydroxyl groups is 2. The lowest BCUT2D eigenvalue weighted by molar-refractivity contribution is 0.0572. The molecule has 2 N–H and O–H groups in total. The highest BCUT2D eigenvalue weighted by Gasteiger charge is 2.31. The summed E-state index contributed by atoms with van der Waals surface area (Å²) in [5.74, 6) is 0.617. The first-order chi connectivity index (χ1) is 11.5. The van der Waals surface area contributed by atoms with E-state index in [1.807, 2.05) is 27.8 Å². The van der Waals surface area contributed by atoms with Crippen molar-refractivity contribution in [3.63, 3.8) is 0 Å². The smallest absolute Gasteiger partial charge is 0.131 e. The highest BCUT2D eigenvalue weighted by atomic mass is 35.5. The zero-order chi connectivity index (χ0) is 16.8. The number of anilines is 1. The van der Waals surface area contributed by atoms with Gasteiger partial charge in [0, 0.05) is 36.9 Å². The Hall–Kier alpha value is -1.86. The molecule has 124 valence electrons. The zero-order valence-electron chi connectivity index (χ0n) is 12.5. The van der Waals surface area contributed by atoms with Gasteiger partial charge in [0.2, 0.25) is 0 Å². The monoisotopic (exact) mass is 364 g/mol. The molecule has 0 unspecified atom stereocenters. The first-order valence-electron chi connectivity index (χ1n) is 7.43. The van der Waals surface area contributed by atoms with Crippen LogP contribution < -0.4 is 4.90 Å². The molecule has 1 saturated heterocycles. The van der Waals surface area contributed by atoms with Crippen molar-refractivity contribution in [2.24, 2.45) is 0 Å². The molecule has 0 aliphatic carbocycles. The van der Waals surface area contributed by atoms with Gasteiger partial charge >= 0.3 is 0 Å². The molecule has 0 bridgehead atoms. The number of benzene rings is 1. The van der Waals surface area contributed by atoms with Crippen LogP contribution in [0.2, 0.25) is 10.0 Å². The molecule has 3 aromatic rings. The first kappa shape index (κ1) is 15.7. The Morgan fingerprint density at radius 1 is 1.12 bits per heavy atom. The summed E-state index contributed by atoms with van der Waals surface area (Å²) in [6.07, 6.45) is 3.61. The summed E-state index contributed by atoms with van der Waals surface area (Å²) in [5, 5.41) is 21.3. The molecule has 0 spiro atoms. The van der Waals surface area contributed by atoms with Gasteiger partial charge in [0.15, 0.2) is 0 Å². The van der Waals surface area contributed by atoms with Gasteiger partial charge in [-0.2, -0.15) is 0 Å². The summed E-state index contributed by atoms with van der Waals surface area (Å²) in [5.41, 5.74) is 1.42. The highest BCUT2D eigenvalue weighted by Crippen LogP contribution is 2.35. The molecule has 0 radical (unpaired) electrons. The van der Waals surface area contributed by atoms with Gasteiger partial charge in [0.1, 0.15) is 5.82 Å². The van der Waals surface area contributed by atoms with E-state index < -0.39 is 12.2 Å². The Morgan fingerprint density at radius 2 is 1.88 bits per heavy atom. The summed E-state index contributed by atoms with van der Waals surface area (Å²) >= 11 is 12.5. The molecule has 2 atom stereocenters. The van der Waals surface area contributed by atoms with Gasteiger partial charge in [-0.1, -0.05) is 23.2 Å². The van der Waals surface area contributed by atoms with E-state index in [2.05, 4.69) is 9.97 Å². The fraction of sp³-hybridized carbons (Fsp3) is 0.250. The maximum atomic E-state index is 9.81. The van der Waals surface area contributed by atoms with Crippen LogP contribution in [-0.2, 0) is 0 Å². The zero-order valence-corrected chi connectivity index (χ0v) is 14.0. The van der Waals surface area contributed by atoms with Gasteiger partial charge < -0.3 is 19.7 Å². The van der Waals surface area contributed by atoms with Crippen LogP contribution in [0.5, 0.6) is 0 Å². The Morgan fingerprint density at radius 3 is 2.54 bits per heavy atom. The number of hydrogen-bond acceptors (Lipinski definition) is 5. The molecule has 1 aliphatic rings. The molecule has 1 aromatic carbocycles. The van der Waals surface area contributed by atoms with Crippen LogP contribution in [0.15, 0.2) is 36.9 Å². The van der Waals surface area contributed by atoms with Crippen LogP contribution >= 0.6 is 23.2 Å². The second-order valence-corrected chi connectivity index (χ2v) is 6.55. The minimum atomic E-state index is -0.797. The fourth-order valence-corrected chi connectivity index (χ4v) is 3.30. The van der Waals surface area contributed by atoms with E-state index in [1.165, 1.54) is 0 Å². The van der Waals surface area contributed by atoms with Crippen molar-refractivity contribution in [3.8, 4) is 5.69 Å². The summed E-state index contributed by atoms with van der Waals surface area (Å²) in [6.45, 7) is 0.614. The lowest BCUT2D eigenvalue weighted by atomic mass is 10.1. The summed E-state index contributed by atoms with van der Waals surface area (Å²) in [6, 6.07) is 5.49. The van der Waals surface area contributed by atoms with Crippen LogP contribution in [0, 0.1) is 0 Å². The van der Waals surface area contributed by atoms with Crippen molar-refractivity contribution >= 4 is 39.9 Å². The number of aromatic nitrogens is 3. The quantitative estimate of drug-likeness (QED) is 0.729. The van der Waals surface area contributed by atoms with E-state index >= 15 is 0 Å². The Kier molecular flexibility index (Phi) is 3.85. The van der Waals surface area contributed by atoms with Crippen LogP contribution in [0.1, 0.15) is 0 Å². The average Bonchev–Trinajstić information content (AvgIpc) is 3.21. The van der Waals surface area contributed by atoms with Crippen molar-refractivity contribution in [3.05, 3.63) is 47.0 Å². The Bertz CT molecular complexity index is 891. The first-order valence-corrected chi connectivity index (χ1v) is 8.18. The number of pyridine rings is 1. The molecular weight excluding hydrogens is 351 g/mol. The lowest BCUT2D eigenvalue weighted by Crippen LogP contribution is -2.22. The third-order valence-corrected chi connectivity index (χ3v) is 5.00. The standard InChI is InChI=1S/C16H14Cl2N4O2/c17-10-2-1-9-11(21-4-3-19-8-21)5-14(20-16(9)15(10)18)22-6-12(23)13(24)7-22/h1-5,8,12-13,23-24H,6-7H2/t12-,13-/m1/s1. The van der Waals surface area contributed by atoms with E-state index in [1.54, 1.807) is 18.6 Å². The largest absolute Gasteiger partial charge is 0.389 e. The number of aliphatic hydroxyl groups excluding tert-OH is 2. The number of nitrogens with zero attached hydrogens (tertiary/aromatic N) is 4. The SMILES string of the molecule is O[C@@H]1CN(c2cc(-n3ccnc3)c3ccc(Cl)c(Cl)c3n2)C[C@H]1O. The molecule has 0 saturated carbocycles. The van der Waals surface area contributed by atoms with Crippen LogP contribution in [0.25, 0.3) is 16.6 Å². The Balaban J connectivity index is 1.94. The van der Waals surface area contributed by atoms with Crippen molar-refractivity contribution < 1.29 is 10.2 Å². The number of imidazole rings is 1. The van der Waals surface area contributed by atoms with Crippen molar-refractivity contribution in [2.75, 3.05) is 18.0 Å². The van der Waals surface area contributed by atoms with E-state index in [0.717, 1.165) is 11.1 Å². The maximum Gasteiger partial charge on any atom is 0.131 e. The third-order valence-electron chi connectivity index (χ3n) is 4.20. The van der Waals surface area contributed by atoms with Crippen LogP contribution in [0.4, 0.5) is 5.82 Å². The number of rotatable bonds is 2. The van der Waals surface area contributed by atoms with Crippen molar-refractivity contribution in [1.82, 2.24) is 14.5 Å². The number of halogens is 2. The minimum Gasteiger partial charge on any atom is -0.389 e. The van der Waals surface area contributed by atoms with Crippen LogP contribution in [0.3, 0.4) is 0 Å². The van der Waals surface area contributed by atoms with E-state index in [4.69, 9.17) is 23.2 Å².